The average molecular weight is 289 g/mol. The predicted octanol–water partition coefficient (Wildman–Crippen LogP) is 3.00. The Kier molecular flexibility index (Phi) is 6.41. The summed E-state index contributed by atoms with van der Waals surface area (Å²) in [6, 6.07) is 9.20. The molecule has 0 saturated carbocycles. The molecule has 1 unspecified atom stereocenters. The highest BCUT2D eigenvalue weighted by molar-refractivity contribution is 5.88. The summed E-state index contributed by atoms with van der Waals surface area (Å²) in [4.78, 5) is 11.6. The Labute approximate surface area is 126 Å². The van der Waals surface area contributed by atoms with Gasteiger partial charge in [0, 0.05) is 5.92 Å². The lowest BCUT2D eigenvalue weighted by atomic mass is 10.1. The van der Waals surface area contributed by atoms with Crippen LogP contribution < -0.4 is 0 Å². The first-order chi connectivity index (χ1) is 9.81. The molecular weight excluding hydrogens is 266 g/mol. The molecule has 0 amide bonds. The van der Waals surface area contributed by atoms with E-state index in [4.69, 9.17) is 4.74 Å². The second kappa shape index (κ2) is 7.82. The number of hydroxylamine groups is 2. The third kappa shape index (κ3) is 6.94. The molecule has 0 aliphatic carbocycles. The topological polar surface area (TPSA) is 49.8 Å². The van der Waals surface area contributed by atoms with Crippen molar-refractivity contribution in [1.29, 1.82) is 0 Å². The molecule has 21 heavy (non-hydrogen) atoms. The Balaban J connectivity index is 2.64. The lowest BCUT2D eigenvalue weighted by molar-refractivity contribution is -0.147. The molecule has 0 aliphatic rings. The SMILES string of the molecule is CCC(C#CC(=O)OC(C)(C)C)N(O)Cc1ccccc1. The van der Waals surface area contributed by atoms with Gasteiger partial charge in [-0.25, -0.2) is 4.79 Å². The van der Waals surface area contributed by atoms with Crippen LogP contribution in [0, 0.1) is 11.8 Å². The van der Waals surface area contributed by atoms with E-state index in [1.54, 1.807) is 20.8 Å². The van der Waals surface area contributed by atoms with E-state index in [-0.39, 0.29) is 0 Å². The van der Waals surface area contributed by atoms with Crippen LogP contribution in [0.25, 0.3) is 0 Å². The molecule has 1 atom stereocenters. The standard InChI is InChI=1S/C17H23NO3/c1-5-15(11-12-16(19)21-17(2,3)4)18(20)13-14-9-7-6-8-10-14/h6-10,15,20H,5,13H2,1-4H3. The minimum Gasteiger partial charge on any atom is -0.450 e. The predicted molar refractivity (Wildman–Crippen MR) is 81.5 cm³/mol. The molecule has 0 bridgehead atoms. The molecule has 0 aromatic heterocycles. The molecular formula is C17H23NO3. The number of nitrogens with zero attached hydrogens (tertiary/aromatic N) is 1. The van der Waals surface area contributed by atoms with Crippen LogP contribution in [0.5, 0.6) is 0 Å². The van der Waals surface area contributed by atoms with Gasteiger partial charge in [-0.15, -0.1) is 0 Å². The van der Waals surface area contributed by atoms with Gasteiger partial charge in [0.1, 0.15) is 5.60 Å². The van der Waals surface area contributed by atoms with E-state index in [1.807, 2.05) is 37.3 Å². The van der Waals surface area contributed by atoms with Crippen LogP contribution >= 0.6 is 0 Å². The Bertz CT molecular complexity index is 508. The molecule has 4 nitrogen and oxygen atoms in total. The van der Waals surface area contributed by atoms with Crippen molar-refractivity contribution in [2.24, 2.45) is 0 Å². The highest BCUT2D eigenvalue weighted by Gasteiger charge is 2.16. The maximum Gasteiger partial charge on any atom is 0.384 e. The van der Waals surface area contributed by atoms with Gasteiger partial charge < -0.3 is 9.94 Å². The van der Waals surface area contributed by atoms with E-state index >= 15 is 0 Å². The van der Waals surface area contributed by atoms with Gasteiger partial charge in [0.05, 0.1) is 12.6 Å². The molecule has 1 N–H and O–H groups in total. The molecule has 0 aliphatic heterocycles. The molecule has 4 heteroatoms. The maximum absolute atomic E-state index is 11.6. The lowest BCUT2D eigenvalue weighted by Crippen LogP contribution is -2.30. The number of benzene rings is 1. The first-order valence-electron chi connectivity index (χ1n) is 7.06. The summed E-state index contributed by atoms with van der Waals surface area (Å²) in [7, 11) is 0. The second-order valence-electron chi connectivity index (χ2n) is 5.78. The van der Waals surface area contributed by atoms with Crippen molar-refractivity contribution in [2.75, 3.05) is 0 Å². The molecule has 0 radical (unpaired) electrons. The summed E-state index contributed by atoms with van der Waals surface area (Å²) < 4.78 is 5.12. The fourth-order valence-corrected chi connectivity index (χ4v) is 1.71. The second-order valence-corrected chi connectivity index (χ2v) is 5.78. The smallest absolute Gasteiger partial charge is 0.384 e. The van der Waals surface area contributed by atoms with Crippen LogP contribution in [-0.4, -0.2) is 27.9 Å². The highest BCUT2D eigenvalue weighted by Crippen LogP contribution is 2.09. The number of rotatable bonds is 4. The molecule has 1 aromatic carbocycles. The molecule has 0 spiro atoms. The number of ether oxygens (including phenoxy) is 1. The number of carbonyl (C=O) groups is 1. The highest BCUT2D eigenvalue weighted by atomic mass is 16.6. The summed E-state index contributed by atoms with van der Waals surface area (Å²) in [5.74, 6) is 4.63. The van der Waals surface area contributed by atoms with Crippen molar-refractivity contribution >= 4 is 5.97 Å². The van der Waals surface area contributed by atoms with Crippen molar-refractivity contribution in [3.05, 3.63) is 35.9 Å². The van der Waals surface area contributed by atoms with Crippen LogP contribution in [0.2, 0.25) is 0 Å². The van der Waals surface area contributed by atoms with Gasteiger partial charge >= 0.3 is 5.97 Å². The van der Waals surface area contributed by atoms with Gasteiger partial charge in [0.15, 0.2) is 0 Å². The summed E-state index contributed by atoms with van der Waals surface area (Å²) >= 11 is 0. The van der Waals surface area contributed by atoms with E-state index in [9.17, 15) is 10.0 Å². The Morgan fingerprint density at radius 3 is 2.48 bits per heavy atom. The van der Waals surface area contributed by atoms with Gasteiger partial charge in [-0.1, -0.05) is 43.2 Å². The number of hydrogen-bond donors (Lipinski definition) is 1. The van der Waals surface area contributed by atoms with Crippen molar-refractivity contribution in [3.8, 4) is 11.8 Å². The van der Waals surface area contributed by atoms with E-state index in [2.05, 4.69) is 11.8 Å². The fraction of sp³-hybridized carbons (Fsp3) is 0.471. The summed E-state index contributed by atoms with van der Waals surface area (Å²) in [6.45, 7) is 7.64. The Morgan fingerprint density at radius 2 is 1.95 bits per heavy atom. The summed E-state index contributed by atoms with van der Waals surface area (Å²) in [5, 5.41) is 11.2. The van der Waals surface area contributed by atoms with E-state index in [0.29, 0.717) is 13.0 Å². The van der Waals surface area contributed by atoms with Crippen molar-refractivity contribution in [3.63, 3.8) is 0 Å². The minimum atomic E-state index is -0.575. The number of carbonyl (C=O) groups excluding carboxylic acids is 1. The van der Waals surface area contributed by atoms with Gasteiger partial charge in [0.2, 0.25) is 0 Å². The maximum atomic E-state index is 11.6. The first kappa shape index (κ1) is 17.2. The van der Waals surface area contributed by atoms with Crippen molar-refractivity contribution < 1.29 is 14.7 Å². The molecule has 1 aromatic rings. The lowest BCUT2D eigenvalue weighted by Gasteiger charge is -2.20. The van der Waals surface area contributed by atoms with E-state index < -0.39 is 17.6 Å². The minimum absolute atomic E-state index is 0.363. The Morgan fingerprint density at radius 1 is 1.33 bits per heavy atom. The van der Waals surface area contributed by atoms with Crippen LogP contribution in [0.15, 0.2) is 30.3 Å². The molecule has 0 heterocycles. The monoisotopic (exact) mass is 289 g/mol. The van der Waals surface area contributed by atoms with Crippen LogP contribution in [0.3, 0.4) is 0 Å². The summed E-state index contributed by atoms with van der Waals surface area (Å²) in [5.41, 5.74) is 0.425. The zero-order chi connectivity index (χ0) is 15.9. The third-order valence-electron chi connectivity index (χ3n) is 2.67. The van der Waals surface area contributed by atoms with Crippen molar-refractivity contribution in [2.45, 2.75) is 52.3 Å². The number of hydrogen-bond acceptors (Lipinski definition) is 4. The molecule has 1 rings (SSSR count). The van der Waals surface area contributed by atoms with Crippen molar-refractivity contribution in [1.82, 2.24) is 5.06 Å². The fourth-order valence-electron chi connectivity index (χ4n) is 1.71. The van der Waals surface area contributed by atoms with Crippen LogP contribution in [0.1, 0.15) is 39.7 Å². The van der Waals surface area contributed by atoms with Gasteiger partial charge in [-0.2, -0.15) is 5.06 Å². The van der Waals surface area contributed by atoms with Crippen LogP contribution in [0.4, 0.5) is 0 Å². The van der Waals surface area contributed by atoms with Crippen LogP contribution in [-0.2, 0) is 16.1 Å². The van der Waals surface area contributed by atoms with Gasteiger partial charge in [-0.05, 0) is 32.8 Å². The molecule has 114 valence electrons. The van der Waals surface area contributed by atoms with Gasteiger partial charge in [0.25, 0.3) is 0 Å². The first-order valence-corrected chi connectivity index (χ1v) is 7.06. The largest absolute Gasteiger partial charge is 0.450 e. The average Bonchev–Trinajstić information content (AvgIpc) is 2.38. The third-order valence-corrected chi connectivity index (χ3v) is 2.67. The number of esters is 1. The normalized spacial score (nSPS) is 12.5. The Hall–Kier alpha value is -1.83. The van der Waals surface area contributed by atoms with Gasteiger partial charge in [-0.3, -0.25) is 0 Å². The quantitative estimate of drug-likeness (QED) is 0.401. The zero-order valence-electron chi connectivity index (χ0n) is 13.1. The zero-order valence-corrected chi connectivity index (χ0v) is 13.1. The van der Waals surface area contributed by atoms with E-state index in [1.165, 1.54) is 0 Å². The molecule has 0 saturated heterocycles. The molecule has 0 fully saturated rings. The summed E-state index contributed by atoms with van der Waals surface area (Å²) in [6.07, 6.45) is 0.610. The van der Waals surface area contributed by atoms with E-state index in [0.717, 1.165) is 10.6 Å².